The van der Waals surface area contributed by atoms with Crippen molar-refractivity contribution in [2.24, 2.45) is 0 Å². The smallest absolute Gasteiger partial charge is 0.0839 e. The van der Waals surface area contributed by atoms with Crippen LogP contribution in [-0.2, 0) is 0 Å². The third-order valence-corrected chi connectivity index (χ3v) is 2.69. The molecule has 0 N–H and O–H groups in total. The van der Waals surface area contributed by atoms with Crippen molar-refractivity contribution >= 4 is 0 Å². The molecule has 0 saturated heterocycles. The topological polar surface area (TPSA) is 27.0 Å². The van der Waals surface area contributed by atoms with Crippen LogP contribution in [0.2, 0.25) is 0 Å². The lowest BCUT2D eigenvalue weighted by molar-refractivity contribution is 0.298. The lowest BCUT2D eigenvalue weighted by Crippen LogP contribution is -2.27. The van der Waals surface area contributed by atoms with Crippen molar-refractivity contribution in [3.63, 3.8) is 0 Å². The number of benzene rings is 1. The van der Waals surface area contributed by atoms with Crippen molar-refractivity contribution in [1.82, 2.24) is 4.90 Å². The number of nitriles is 1. The summed E-state index contributed by atoms with van der Waals surface area (Å²) in [4.78, 5) is 2.28. The van der Waals surface area contributed by atoms with E-state index >= 15 is 0 Å². The van der Waals surface area contributed by atoms with Crippen LogP contribution in [0.1, 0.15) is 25.3 Å². The fourth-order valence-electron chi connectivity index (χ4n) is 1.65. The average Bonchev–Trinajstić information content (AvgIpc) is 2.32. The number of rotatable bonds is 5. The van der Waals surface area contributed by atoms with Crippen molar-refractivity contribution in [1.29, 1.82) is 5.26 Å². The minimum atomic E-state index is -0.00824. The van der Waals surface area contributed by atoms with Crippen molar-refractivity contribution in [3.05, 3.63) is 35.9 Å². The summed E-state index contributed by atoms with van der Waals surface area (Å²) in [5.41, 5.74) is 1.12. The van der Waals surface area contributed by atoms with Crippen LogP contribution in [0.4, 0.5) is 0 Å². The zero-order valence-electron chi connectivity index (χ0n) is 9.48. The van der Waals surface area contributed by atoms with Gasteiger partial charge in [-0.05, 0) is 18.7 Å². The second kappa shape index (κ2) is 6.21. The van der Waals surface area contributed by atoms with Gasteiger partial charge in [0.05, 0.1) is 12.0 Å². The third-order valence-electron chi connectivity index (χ3n) is 2.69. The highest BCUT2D eigenvalue weighted by Crippen LogP contribution is 2.15. The van der Waals surface area contributed by atoms with Gasteiger partial charge in [-0.1, -0.05) is 44.2 Å². The van der Waals surface area contributed by atoms with Gasteiger partial charge in [0.25, 0.3) is 0 Å². The van der Waals surface area contributed by atoms with E-state index in [9.17, 15) is 0 Å². The Hall–Kier alpha value is -1.33. The van der Waals surface area contributed by atoms with Gasteiger partial charge in [0, 0.05) is 6.54 Å². The van der Waals surface area contributed by atoms with E-state index in [2.05, 4.69) is 24.8 Å². The number of likely N-dealkylation sites (N-methyl/N-ethyl adjacent to an activating group) is 1. The third kappa shape index (κ3) is 3.38. The molecule has 1 unspecified atom stereocenters. The van der Waals surface area contributed by atoms with Crippen LogP contribution in [0.3, 0.4) is 0 Å². The van der Waals surface area contributed by atoms with Crippen LogP contribution in [0.15, 0.2) is 30.3 Å². The predicted octanol–water partition coefficient (Wildman–Crippen LogP) is 2.64. The zero-order chi connectivity index (χ0) is 11.1. The zero-order valence-corrected chi connectivity index (χ0v) is 9.48. The Morgan fingerprint density at radius 2 is 1.80 bits per heavy atom. The molecule has 0 aliphatic heterocycles. The molecule has 0 heterocycles. The molecule has 1 aromatic rings. The molecule has 0 fully saturated rings. The number of hydrogen-bond donors (Lipinski definition) is 0. The summed E-state index contributed by atoms with van der Waals surface area (Å²) in [6.07, 6.45) is 0. The highest BCUT2D eigenvalue weighted by Gasteiger charge is 2.12. The van der Waals surface area contributed by atoms with E-state index in [0.29, 0.717) is 0 Å². The monoisotopic (exact) mass is 202 g/mol. The molecule has 2 heteroatoms. The fourth-order valence-corrected chi connectivity index (χ4v) is 1.65. The van der Waals surface area contributed by atoms with Crippen molar-refractivity contribution in [3.8, 4) is 6.07 Å². The summed E-state index contributed by atoms with van der Waals surface area (Å²) in [7, 11) is 0. The maximum Gasteiger partial charge on any atom is 0.0839 e. The van der Waals surface area contributed by atoms with E-state index in [4.69, 9.17) is 5.26 Å². The van der Waals surface area contributed by atoms with E-state index in [1.807, 2.05) is 30.3 Å². The minimum absolute atomic E-state index is 0.00824. The lowest BCUT2D eigenvalue weighted by Gasteiger charge is -2.21. The lowest BCUT2D eigenvalue weighted by atomic mass is 10.0. The van der Waals surface area contributed by atoms with Gasteiger partial charge in [-0.2, -0.15) is 5.26 Å². The summed E-state index contributed by atoms with van der Waals surface area (Å²) in [5.74, 6) is -0.00824. The standard InChI is InChI=1S/C13H18N2/c1-3-15(4-2)11-13(10-14)12-8-6-5-7-9-12/h5-9,13H,3-4,11H2,1-2H3. The molecule has 0 saturated carbocycles. The summed E-state index contributed by atoms with van der Waals surface area (Å²) in [5, 5.41) is 9.14. The molecule has 0 aromatic heterocycles. The van der Waals surface area contributed by atoms with Crippen LogP contribution in [0.5, 0.6) is 0 Å². The predicted molar refractivity (Wildman–Crippen MR) is 62.6 cm³/mol. The van der Waals surface area contributed by atoms with E-state index in [0.717, 1.165) is 25.2 Å². The summed E-state index contributed by atoms with van der Waals surface area (Å²) in [6, 6.07) is 12.4. The Kier molecular flexibility index (Phi) is 4.86. The molecule has 1 rings (SSSR count). The Morgan fingerprint density at radius 3 is 2.27 bits per heavy atom. The minimum Gasteiger partial charge on any atom is -0.302 e. The van der Waals surface area contributed by atoms with Crippen molar-refractivity contribution in [2.45, 2.75) is 19.8 Å². The molecule has 0 amide bonds. The molecule has 2 nitrogen and oxygen atoms in total. The van der Waals surface area contributed by atoms with Gasteiger partial charge in [-0.15, -0.1) is 0 Å². The second-order valence-corrected chi connectivity index (χ2v) is 3.58. The fraction of sp³-hybridized carbons (Fsp3) is 0.462. The van der Waals surface area contributed by atoms with E-state index < -0.39 is 0 Å². The molecule has 80 valence electrons. The van der Waals surface area contributed by atoms with Crippen molar-refractivity contribution < 1.29 is 0 Å². The first kappa shape index (κ1) is 11.7. The van der Waals surface area contributed by atoms with Crippen molar-refractivity contribution in [2.75, 3.05) is 19.6 Å². The Bertz CT molecular complexity index is 309. The molecule has 0 aliphatic carbocycles. The number of nitrogens with zero attached hydrogens (tertiary/aromatic N) is 2. The highest BCUT2D eigenvalue weighted by atomic mass is 15.1. The van der Waals surface area contributed by atoms with Gasteiger partial charge >= 0.3 is 0 Å². The van der Waals surface area contributed by atoms with Gasteiger partial charge in [0.15, 0.2) is 0 Å². The first-order valence-electron chi connectivity index (χ1n) is 5.48. The van der Waals surface area contributed by atoms with E-state index in [1.165, 1.54) is 0 Å². The molecule has 0 radical (unpaired) electrons. The molecule has 0 bridgehead atoms. The summed E-state index contributed by atoms with van der Waals surface area (Å²) >= 11 is 0. The normalized spacial score (nSPS) is 12.4. The summed E-state index contributed by atoms with van der Waals surface area (Å²) in [6.45, 7) is 7.09. The van der Waals surface area contributed by atoms with Crippen LogP contribution in [-0.4, -0.2) is 24.5 Å². The van der Waals surface area contributed by atoms with Gasteiger partial charge in [-0.3, -0.25) is 0 Å². The maximum absolute atomic E-state index is 9.14. The first-order chi connectivity index (χ1) is 7.31. The Balaban J connectivity index is 2.69. The Morgan fingerprint density at radius 1 is 1.20 bits per heavy atom. The second-order valence-electron chi connectivity index (χ2n) is 3.58. The number of hydrogen-bond acceptors (Lipinski definition) is 2. The van der Waals surface area contributed by atoms with Crippen LogP contribution < -0.4 is 0 Å². The molecule has 1 atom stereocenters. The molecule has 1 aromatic carbocycles. The molecule has 15 heavy (non-hydrogen) atoms. The summed E-state index contributed by atoms with van der Waals surface area (Å²) < 4.78 is 0. The van der Waals surface area contributed by atoms with Gasteiger partial charge in [0.2, 0.25) is 0 Å². The van der Waals surface area contributed by atoms with Crippen LogP contribution in [0.25, 0.3) is 0 Å². The molecular formula is C13H18N2. The average molecular weight is 202 g/mol. The SMILES string of the molecule is CCN(CC)CC(C#N)c1ccccc1. The largest absolute Gasteiger partial charge is 0.302 e. The van der Waals surface area contributed by atoms with Gasteiger partial charge in [-0.25, -0.2) is 0 Å². The Labute approximate surface area is 92.1 Å². The molecular weight excluding hydrogens is 184 g/mol. The molecule has 0 aliphatic rings. The highest BCUT2D eigenvalue weighted by molar-refractivity contribution is 5.25. The quantitative estimate of drug-likeness (QED) is 0.734. The molecule has 0 spiro atoms. The van der Waals surface area contributed by atoms with Gasteiger partial charge < -0.3 is 4.90 Å². The van der Waals surface area contributed by atoms with Gasteiger partial charge in [0.1, 0.15) is 0 Å². The van der Waals surface area contributed by atoms with Crippen LogP contribution in [0, 0.1) is 11.3 Å². The maximum atomic E-state index is 9.14. The van der Waals surface area contributed by atoms with E-state index in [-0.39, 0.29) is 5.92 Å². The van der Waals surface area contributed by atoms with E-state index in [1.54, 1.807) is 0 Å². The first-order valence-corrected chi connectivity index (χ1v) is 5.48. The van der Waals surface area contributed by atoms with Crippen LogP contribution >= 0.6 is 0 Å².